The summed E-state index contributed by atoms with van der Waals surface area (Å²) in [6.45, 7) is 2.11. The van der Waals surface area contributed by atoms with Crippen molar-refractivity contribution in [1.82, 2.24) is 5.32 Å². The first kappa shape index (κ1) is 28.4. The number of barbiturate groups is 1. The van der Waals surface area contributed by atoms with Crippen LogP contribution in [0.1, 0.15) is 18.9 Å². The third-order valence-electron chi connectivity index (χ3n) is 5.66. The van der Waals surface area contributed by atoms with Gasteiger partial charge in [-0.05, 0) is 55.0 Å². The molecule has 1 aliphatic heterocycles. The lowest BCUT2D eigenvalue weighted by Crippen LogP contribution is -2.54. The lowest BCUT2D eigenvalue weighted by Gasteiger charge is -2.27. The van der Waals surface area contributed by atoms with Crippen molar-refractivity contribution >= 4 is 57.1 Å². The largest absolute Gasteiger partial charge is 0.493 e. The van der Waals surface area contributed by atoms with Gasteiger partial charge in [0.05, 0.1) is 19.4 Å². The van der Waals surface area contributed by atoms with E-state index < -0.39 is 23.8 Å². The number of carbonyl (C=O) groups is 4. The van der Waals surface area contributed by atoms with Crippen LogP contribution in [0.3, 0.4) is 0 Å². The summed E-state index contributed by atoms with van der Waals surface area (Å²) in [5, 5.41) is 4.92. The van der Waals surface area contributed by atoms with E-state index in [0.717, 1.165) is 11.3 Å². The molecule has 0 spiro atoms. The lowest BCUT2D eigenvalue weighted by molar-refractivity contribution is -0.122. The fraction of sp³-hybridized carbons (Fsp3) is 0.172. The minimum Gasteiger partial charge on any atom is -0.493 e. The normalized spacial score (nSPS) is 14.1. The summed E-state index contributed by atoms with van der Waals surface area (Å²) in [5.41, 5.74) is 0.840. The van der Waals surface area contributed by atoms with E-state index in [9.17, 15) is 19.2 Å². The molecule has 0 saturated carbocycles. The Kier molecular flexibility index (Phi) is 9.18. The average molecular weight is 608 g/mol. The molecule has 0 atom stereocenters. The number of ether oxygens (including phenoxy) is 3. The van der Waals surface area contributed by atoms with Gasteiger partial charge in [-0.3, -0.25) is 19.7 Å². The first-order valence-electron chi connectivity index (χ1n) is 12.3. The second-order valence-electron chi connectivity index (χ2n) is 8.53. The minimum atomic E-state index is -0.903. The molecule has 3 aromatic carbocycles. The number of nitrogens with zero attached hydrogens (tertiary/aromatic N) is 1. The van der Waals surface area contributed by atoms with Gasteiger partial charge in [-0.1, -0.05) is 41.1 Å². The molecular formula is C29H26BrN3O7. The topological polar surface area (TPSA) is 123 Å². The van der Waals surface area contributed by atoms with Crippen LogP contribution < -0.4 is 29.7 Å². The molecule has 1 heterocycles. The van der Waals surface area contributed by atoms with Crippen LogP contribution in [0.4, 0.5) is 16.2 Å². The molecule has 5 amide bonds. The highest BCUT2D eigenvalue weighted by molar-refractivity contribution is 9.10. The molecule has 10 nitrogen and oxygen atoms in total. The van der Waals surface area contributed by atoms with Gasteiger partial charge in [0.1, 0.15) is 11.3 Å². The number of nitrogens with one attached hydrogen (secondary N) is 2. The van der Waals surface area contributed by atoms with Gasteiger partial charge in [0.25, 0.3) is 17.7 Å². The Balaban J connectivity index is 1.60. The van der Waals surface area contributed by atoms with Gasteiger partial charge in [0.2, 0.25) is 0 Å². The number of anilines is 2. The number of halogens is 1. The highest BCUT2D eigenvalue weighted by atomic mass is 79.9. The van der Waals surface area contributed by atoms with Crippen molar-refractivity contribution in [2.45, 2.75) is 13.3 Å². The smallest absolute Gasteiger partial charge is 0.335 e. The van der Waals surface area contributed by atoms with E-state index in [1.165, 1.54) is 25.3 Å². The lowest BCUT2D eigenvalue weighted by atomic mass is 10.1. The number of para-hydroxylation sites is 1. The Morgan fingerprint density at radius 2 is 1.73 bits per heavy atom. The summed E-state index contributed by atoms with van der Waals surface area (Å²) in [5.74, 6) is -1.07. The summed E-state index contributed by atoms with van der Waals surface area (Å²) in [4.78, 5) is 52.1. The molecule has 1 aliphatic rings. The number of hydrogen-bond acceptors (Lipinski definition) is 7. The molecule has 1 fully saturated rings. The molecule has 0 aliphatic carbocycles. The van der Waals surface area contributed by atoms with Gasteiger partial charge in [-0.25, -0.2) is 9.69 Å². The number of imide groups is 2. The van der Waals surface area contributed by atoms with Crippen LogP contribution in [0.25, 0.3) is 6.08 Å². The van der Waals surface area contributed by atoms with Crippen molar-refractivity contribution in [3.63, 3.8) is 0 Å². The molecule has 0 unspecified atom stereocenters. The summed E-state index contributed by atoms with van der Waals surface area (Å²) < 4.78 is 17.4. The van der Waals surface area contributed by atoms with E-state index in [4.69, 9.17) is 14.2 Å². The predicted molar refractivity (Wildman–Crippen MR) is 152 cm³/mol. The molecule has 11 heteroatoms. The van der Waals surface area contributed by atoms with Crippen molar-refractivity contribution in [1.29, 1.82) is 0 Å². The van der Waals surface area contributed by atoms with E-state index in [1.54, 1.807) is 48.5 Å². The predicted octanol–water partition coefficient (Wildman–Crippen LogP) is 4.93. The zero-order valence-corrected chi connectivity index (χ0v) is 23.3. The fourth-order valence-electron chi connectivity index (χ4n) is 3.80. The fourth-order valence-corrected chi connectivity index (χ4v) is 4.18. The van der Waals surface area contributed by atoms with Crippen LogP contribution in [-0.4, -0.2) is 44.1 Å². The third-order valence-corrected chi connectivity index (χ3v) is 6.15. The number of benzene rings is 3. The van der Waals surface area contributed by atoms with Crippen molar-refractivity contribution < 1.29 is 33.4 Å². The number of rotatable bonds is 10. The van der Waals surface area contributed by atoms with Gasteiger partial charge in [0, 0.05) is 21.8 Å². The zero-order chi connectivity index (χ0) is 28.6. The highest BCUT2D eigenvalue weighted by Crippen LogP contribution is 2.34. The van der Waals surface area contributed by atoms with Gasteiger partial charge in [-0.2, -0.15) is 0 Å². The van der Waals surface area contributed by atoms with Crippen molar-refractivity contribution in [3.8, 4) is 17.2 Å². The van der Waals surface area contributed by atoms with Crippen molar-refractivity contribution in [2.24, 2.45) is 0 Å². The standard InChI is InChI=1S/C29H26BrN3O7/c1-3-13-39-24-12-10-21(16-25(24)38-2)33-28(36)22(27(35)32-29(33)37)15-18-14-19(30)9-11-23(18)40-17-26(34)31-20-7-5-4-6-8-20/h4-12,14-16H,3,13,17H2,1-2H3,(H,31,34)(H,32,35,37)/b22-15-. The molecule has 2 N–H and O–H groups in total. The maximum absolute atomic E-state index is 13.5. The maximum atomic E-state index is 13.5. The molecule has 4 rings (SSSR count). The molecule has 0 radical (unpaired) electrons. The monoisotopic (exact) mass is 607 g/mol. The number of urea groups is 1. The quantitative estimate of drug-likeness (QED) is 0.247. The van der Waals surface area contributed by atoms with E-state index in [2.05, 4.69) is 26.6 Å². The second-order valence-corrected chi connectivity index (χ2v) is 9.44. The van der Waals surface area contributed by atoms with Crippen LogP contribution in [0.5, 0.6) is 17.2 Å². The first-order chi connectivity index (χ1) is 19.3. The van der Waals surface area contributed by atoms with E-state index in [1.807, 2.05) is 13.0 Å². The molecule has 0 aromatic heterocycles. The summed E-state index contributed by atoms with van der Waals surface area (Å²) in [6, 6.07) is 17.5. The molecule has 3 aromatic rings. The molecular weight excluding hydrogens is 582 g/mol. The van der Waals surface area contributed by atoms with E-state index in [0.29, 0.717) is 33.8 Å². The van der Waals surface area contributed by atoms with Crippen molar-refractivity contribution in [2.75, 3.05) is 30.5 Å². The van der Waals surface area contributed by atoms with Gasteiger partial charge in [0.15, 0.2) is 18.1 Å². The van der Waals surface area contributed by atoms with Crippen LogP contribution >= 0.6 is 15.9 Å². The highest BCUT2D eigenvalue weighted by Gasteiger charge is 2.37. The average Bonchev–Trinajstić information content (AvgIpc) is 2.94. The Bertz CT molecular complexity index is 1470. The molecule has 1 saturated heterocycles. The second kappa shape index (κ2) is 12.9. The summed E-state index contributed by atoms with van der Waals surface area (Å²) in [6.07, 6.45) is 2.09. The maximum Gasteiger partial charge on any atom is 0.335 e. The first-order valence-corrected chi connectivity index (χ1v) is 13.1. The molecule has 206 valence electrons. The number of methoxy groups -OCH3 is 1. The Labute approximate surface area is 239 Å². The Morgan fingerprint density at radius 1 is 0.975 bits per heavy atom. The van der Waals surface area contributed by atoms with Crippen LogP contribution in [0.15, 0.2) is 76.8 Å². The molecule has 0 bridgehead atoms. The van der Waals surface area contributed by atoms with Crippen molar-refractivity contribution in [3.05, 3.63) is 82.3 Å². The van der Waals surface area contributed by atoms with Crippen LogP contribution in [0.2, 0.25) is 0 Å². The van der Waals surface area contributed by atoms with E-state index >= 15 is 0 Å². The van der Waals surface area contributed by atoms with Crippen LogP contribution in [0, 0.1) is 0 Å². The number of carbonyl (C=O) groups excluding carboxylic acids is 4. The Morgan fingerprint density at radius 3 is 2.45 bits per heavy atom. The Hall–Kier alpha value is -4.64. The number of amides is 5. The van der Waals surface area contributed by atoms with E-state index in [-0.39, 0.29) is 23.6 Å². The molecule has 40 heavy (non-hydrogen) atoms. The third kappa shape index (κ3) is 6.67. The number of hydrogen-bond donors (Lipinski definition) is 2. The zero-order valence-electron chi connectivity index (χ0n) is 21.7. The van der Waals surface area contributed by atoms with Gasteiger partial charge in [-0.15, -0.1) is 0 Å². The minimum absolute atomic E-state index is 0.185. The van der Waals surface area contributed by atoms with Gasteiger partial charge < -0.3 is 19.5 Å². The summed E-state index contributed by atoms with van der Waals surface area (Å²) >= 11 is 3.37. The summed E-state index contributed by atoms with van der Waals surface area (Å²) in [7, 11) is 1.44. The van der Waals surface area contributed by atoms with Crippen LogP contribution in [-0.2, 0) is 14.4 Å². The van der Waals surface area contributed by atoms with Gasteiger partial charge >= 0.3 is 6.03 Å². The SMILES string of the molecule is CCCOc1ccc(N2C(=O)NC(=O)/C(=C/c3cc(Br)ccc3OCC(=O)Nc3ccccc3)C2=O)cc1OC.